The van der Waals surface area contributed by atoms with Gasteiger partial charge in [0.15, 0.2) is 22.7 Å². The van der Waals surface area contributed by atoms with Crippen LogP contribution in [0.5, 0.6) is 11.5 Å². The number of fused-ring (bicyclic) bond motifs is 1. The van der Waals surface area contributed by atoms with Gasteiger partial charge < -0.3 is 19.7 Å². The molecule has 3 rings (SSSR count). The van der Waals surface area contributed by atoms with Crippen LogP contribution >= 0.6 is 23.8 Å². The molecule has 0 saturated heterocycles. The highest BCUT2D eigenvalue weighted by atomic mass is 35.5. The minimum Gasteiger partial charge on any atom is -0.486 e. The zero-order valence-electron chi connectivity index (χ0n) is 14.5. The van der Waals surface area contributed by atoms with Crippen molar-refractivity contribution in [1.82, 2.24) is 4.90 Å². The quantitative estimate of drug-likeness (QED) is 0.801. The highest BCUT2D eigenvalue weighted by Gasteiger charge is 2.23. The van der Waals surface area contributed by atoms with Crippen LogP contribution in [0, 0.1) is 13.8 Å². The minimum absolute atomic E-state index is 0.0887. The molecule has 0 saturated carbocycles. The zero-order chi connectivity index (χ0) is 18.0. The Labute approximate surface area is 158 Å². The molecular formula is C19H21ClN2O2S. The van der Waals surface area contributed by atoms with Crippen molar-refractivity contribution in [3.8, 4) is 11.5 Å². The first-order chi connectivity index (χ1) is 11.9. The van der Waals surface area contributed by atoms with E-state index >= 15 is 0 Å². The van der Waals surface area contributed by atoms with Crippen LogP contribution in [0.3, 0.4) is 0 Å². The molecule has 0 aromatic heterocycles. The summed E-state index contributed by atoms with van der Waals surface area (Å²) in [4.78, 5) is 1.94. The lowest BCUT2D eigenvalue weighted by Gasteiger charge is -2.31. The first kappa shape index (κ1) is 17.8. The van der Waals surface area contributed by atoms with E-state index in [1.165, 1.54) is 0 Å². The van der Waals surface area contributed by atoms with E-state index in [1.807, 2.05) is 56.1 Å². The van der Waals surface area contributed by atoms with Crippen molar-refractivity contribution < 1.29 is 9.47 Å². The van der Waals surface area contributed by atoms with Gasteiger partial charge in [-0.15, -0.1) is 0 Å². The lowest BCUT2D eigenvalue weighted by Crippen LogP contribution is -2.43. The minimum atomic E-state index is -0.0887. The Hall–Kier alpha value is -1.98. The lowest BCUT2D eigenvalue weighted by atomic mass is 10.1. The van der Waals surface area contributed by atoms with E-state index in [4.69, 9.17) is 33.3 Å². The molecule has 1 aliphatic heterocycles. The molecule has 0 amide bonds. The zero-order valence-corrected chi connectivity index (χ0v) is 16.1. The number of ether oxygens (including phenoxy) is 2. The molecule has 4 nitrogen and oxygen atoms in total. The monoisotopic (exact) mass is 376 g/mol. The fraction of sp³-hybridized carbons (Fsp3) is 0.316. The number of hydrogen-bond acceptors (Lipinski definition) is 3. The van der Waals surface area contributed by atoms with E-state index in [9.17, 15) is 0 Å². The maximum absolute atomic E-state index is 6.35. The van der Waals surface area contributed by atoms with Crippen LogP contribution in [0.4, 0.5) is 5.69 Å². The number of nitrogens with zero attached hydrogens (tertiary/aromatic N) is 1. The number of halogens is 1. The van der Waals surface area contributed by atoms with Gasteiger partial charge in [-0.05, 0) is 55.4 Å². The fourth-order valence-corrected chi connectivity index (χ4v) is 3.36. The average molecular weight is 377 g/mol. The number of anilines is 1. The standard InChI is InChI=1S/C19H21ClN2O2S/c1-12-8-13(2)18(15(20)9-12)21-19(25)22(3)10-14-11-23-16-6-4-5-7-17(16)24-14/h4-9,14H,10-11H2,1-3H3,(H,21,25)/t14-/m1/s1. The fourth-order valence-electron chi connectivity index (χ4n) is 2.82. The predicted octanol–water partition coefficient (Wildman–Crippen LogP) is 4.43. The van der Waals surface area contributed by atoms with Crippen molar-refractivity contribution in [1.29, 1.82) is 0 Å². The van der Waals surface area contributed by atoms with Gasteiger partial charge in [0.2, 0.25) is 0 Å². The van der Waals surface area contributed by atoms with Gasteiger partial charge in [-0.3, -0.25) is 0 Å². The molecule has 132 valence electrons. The molecule has 1 aliphatic rings. The van der Waals surface area contributed by atoms with Crippen LogP contribution in [-0.4, -0.2) is 36.3 Å². The molecule has 1 N–H and O–H groups in total. The highest BCUT2D eigenvalue weighted by molar-refractivity contribution is 7.80. The molecule has 25 heavy (non-hydrogen) atoms. The summed E-state index contributed by atoms with van der Waals surface area (Å²) in [5.41, 5.74) is 3.03. The Morgan fingerprint density at radius 1 is 1.28 bits per heavy atom. The molecular weight excluding hydrogens is 356 g/mol. The summed E-state index contributed by atoms with van der Waals surface area (Å²) in [6.07, 6.45) is -0.0887. The number of benzene rings is 2. The first-order valence-electron chi connectivity index (χ1n) is 8.11. The summed E-state index contributed by atoms with van der Waals surface area (Å²) < 4.78 is 11.7. The Balaban J connectivity index is 1.62. The topological polar surface area (TPSA) is 33.7 Å². The van der Waals surface area contributed by atoms with E-state index in [0.717, 1.165) is 28.3 Å². The summed E-state index contributed by atoms with van der Waals surface area (Å²) >= 11 is 11.9. The maximum Gasteiger partial charge on any atom is 0.173 e. The summed E-state index contributed by atoms with van der Waals surface area (Å²) in [5.74, 6) is 1.55. The van der Waals surface area contributed by atoms with Gasteiger partial charge in [-0.2, -0.15) is 0 Å². The van der Waals surface area contributed by atoms with Crippen LogP contribution in [0.15, 0.2) is 36.4 Å². The van der Waals surface area contributed by atoms with Gasteiger partial charge in [-0.25, -0.2) is 0 Å². The Kier molecular flexibility index (Phi) is 5.35. The second-order valence-corrected chi connectivity index (χ2v) is 7.04. The van der Waals surface area contributed by atoms with E-state index in [1.54, 1.807) is 0 Å². The Morgan fingerprint density at radius 2 is 2.00 bits per heavy atom. The molecule has 0 aliphatic carbocycles. The van der Waals surface area contributed by atoms with Crippen molar-refractivity contribution in [2.75, 3.05) is 25.5 Å². The molecule has 6 heteroatoms. The Morgan fingerprint density at radius 3 is 2.72 bits per heavy atom. The van der Waals surface area contributed by atoms with Gasteiger partial charge in [0, 0.05) is 7.05 Å². The van der Waals surface area contributed by atoms with Gasteiger partial charge >= 0.3 is 0 Å². The third-order valence-corrected chi connectivity index (χ3v) is 4.77. The Bertz CT molecular complexity index is 774. The van der Waals surface area contributed by atoms with E-state index in [2.05, 4.69) is 11.4 Å². The van der Waals surface area contributed by atoms with Crippen molar-refractivity contribution in [3.05, 3.63) is 52.5 Å². The number of hydrogen-bond donors (Lipinski definition) is 1. The van der Waals surface area contributed by atoms with Crippen LogP contribution < -0.4 is 14.8 Å². The maximum atomic E-state index is 6.35. The van der Waals surface area contributed by atoms with E-state index < -0.39 is 0 Å². The molecule has 1 atom stereocenters. The molecule has 0 radical (unpaired) electrons. The average Bonchev–Trinajstić information content (AvgIpc) is 2.57. The van der Waals surface area contributed by atoms with Crippen LogP contribution in [0.25, 0.3) is 0 Å². The summed E-state index contributed by atoms with van der Waals surface area (Å²) in [6, 6.07) is 11.7. The van der Waals surface area contributed by atoms with Crippen molar-refractivity contribution in [2.45, 2.75) is 20.0 Å². The number of para-hydroxylation sites is 2. The van der Waals surface area contributed by atoms with Crippen LogP contribution in [-0.2, 0) is 0 Å². The van der Waals surface area contributed by atoms with Crippen molar-refractivity contribution >= 4 is 34.6 Å². The largest absolute Gasteiger partial charge is 0.486 e. The van der Waals surface area contributed by atoms with Crippen LogP contribution in [0.2, 0.25) is 5.02 Å². The van der Waals surface area contributed by atoms with Crippen molar-refractivity contribution in [2.24, 2.45) is 0 Å². The van der Waals surface area contributed by atoms with Gasteiger partial charge in [0.25, 0.3) is 0 Å². The van der Waals surface area contributed by atoms with E-state index in [0.29, 0.717) is 23.3 Å². The van der Waals surface area contributed by atoms with Gasteiger partial charge in [-0.1, -0.05) is 29.8 Å². The molecule has 0 bridgehead atoms. The summed E-state index contributed by atoms with van der Waals surface area (Å²) in [6.45, 7) is 5.14. The molecule has 0 spiro atoms. The number of rotatable bonds is 3. The van der Waals surface area contributed by atoms with Crippen molar-refractivity contribution in [3.63, 3.8) is 0 Å². The third-order valence-electron chi connectivity index (χ3n) is 4.06. The first-order valence-corrected chi connectivity index (χ1v) is 8.90. The third kappa shape index (κ3) is 4.17. The summed E-state index contributed by atoms with van der Waals surface area (Å²) in [5, 5.41) is 4.50. The smallest absolute Gasteiger partial charge is 0.173 e. The summed E-state index contributed by atoms with van der Waals surface area (Å²) in [7, 11) is 1.93. The van der Waals surface area contributed by atoms with Gasteiger partial charge in [0.05, 0.1) is 17.3 Å². The number of likely N-dealkylation sites (N-methyl/N-ethyl adjacent to an activating group) is 1. The lowest BCUT2D eigenvalue weighted by molar-refractivity contribution is 0.0784. The highest BCUT2D eigenvalue weighted by Crippen LogP contribution is 2.31. The van der Waals surface area contributed by atoms with Crippen LogP contribution in [0.1, 0.15) is 11.1 Å². The molecule has 0 fully saturated rings. The SMILES string of the molecule is Cc1cc(C)c(NC(=S)N(C)C[C@@H]2COc3ccccc3O2)c(Cl)c1. The molecule has 1 heterocycles. The number of nitrogens with one attached hydrogen (secondary N) is 1. The normalized spacial score (nSPS) is 15.6. The molecule has 0 unspecified atom stereocenters. The predicted molar refractivity (Wildman–Crippen MR) is 106 cm³/mol. The molecule has 2 aromatic rings. The second-order valence-electron chi connectivity index (χ2n) is 6.25. The van der Waals surface area contributed by atoms with Gasteiger partial charge in [0.1, 0.15) is 6.61 Å². The number of thiocarbonyl (C=S) groups is 1. The second kappa shape index (κ2) is 7.50. The number of aryl methyl sites for hydroxylation is 2. The molecule has 2 aromatic carbocycles. The van der Waals surface area contributed by atoms with E-state index in [-0.39, 0.29) is 6.10 Å².